The lowest BCUT2D eigenvalue weighted by Gasteiger charge is -2.39. The number of carbonyl (C=O) groups excluding carboxylic acids is 2. The molecule has 4 aliphatic rings. The highest BCUT2D eigenvalue weighted by Gasteiger charge is 2.49. The van der Waals surface area contributed by atoms with Gasteiger partial charge in [-0.15, -0.1) is 5.10 Å². The first-order valence-electron chi connectivity index (χ1n) is 16.8. The number of fused-ring (bicyclic) bond motifs is 3. The Morgan fingerprint density at radius 1 is 1.18 bits per heavy atom. The van der Waals surface area contributed by atoms with Crippen molar-refractivity contribution in [2.75, 3.05) is 31.6 Å². The summed E-state index contributed by atoms with van der Waals surface area (Å²) < 4.78 is 8.67. The van der Waals surface area contributed by atoms with Crippen LogP contribution in [-0.4, -0.2) is 77.3 Å². The van der Waals surface area contributed by atoms with Crippen molar-refractivity contribution in [3.05, 3.63) is 80.0 Å². The second-order valence-corrected chi connectivity index (χ2v) is 14.2. The number of benzene rings is 1. The molecule has 3 aromatic heterocycles. The van der Waals surface area contributed by atoms with Gasteiger partial charge in [-0.25, -0.2) is 9.97 Å². The van der Waals surface area contributed by atoms with Gasteiger partial charge in [0.15, 0.2) is 17.3 Å². The smallest absolute Gasteiger partial charge is 0.279 e. The zero-order valence-corrected chi connectivity index (χ0v) is 28.2. The lowest BCUT2D eigenvalue weighted by atomic mass is 9.73. The number of nitrogens with one attached hydrogen (secondary N) is 1. The number of carbonyl (C=O) groups is 2. The molecular weight excluding hydrogens is 648 g/mol. The van der Waals surface area contributed by atoms with Crippen molar-refractivity contribution in [1.82, 2.24) is 34.0 Å². The first-order chi connectivity index (χ1) is 23.6. The van der Waals surface area contributed by atoms with E-state index in [1.165, 1.54) is 16.4 Å². The van der Waals surface area contributed by atoms with E-state index in [4.69, 9.17) is 26.4 Å². The van der Waals surface area contributed by atoms with Gasteiger partial charge in [-0.05, 0) is 80.6 Å². The third-order valence-corrected chi connectivity index (χ3v) is 10.9. The Labute approximate surface area is 287 Å². The molecule has 1 atom stereocenters. The Balaban J connectivity index is 1.16. The Morgan fingerprint density at radius 2 is 1.98 bits per heavy atom. The normalized spacial score (nSPS) is 20.0. The number of piperidine rings is 1. The van der Waals surface area contributed by atoms with Crippen LogP contribution < -0.4 is 10.9 Å². The van der Waals surface area contributed by atoms with Crippen LogP contribution in [0, 0.1) is 6.92 Å². The van der Waals surface area contributed by atoms with Crippen LogP contribution >= 0.6 is 11.6 Å². The van der Waals surface area contributed by atoms with Gasteiger partial charge in [0, 0.05) is 29.8 Å². The van der Waals surface area contributed by atoms with E-state index in [2.05, 4.69) is 22.2 Å². The van der Waals surface area contributed by atoms with Gasteiger partial charge in [-0.2, -0.15) is 9.50 Å². The standard InChI is InChI=1S/C35H37ClN8O5/c1-19-16-35(9-11-42(12-10-35)33(48)28-30(46)20(2)37-18-38-28)27-29(19)43(17-26(45)39-25-6-5-23(15-24(25)36)21-3-4-21)34-40-31(41-44(34)32(27)47)22-7-13-49-14-8-22/h5-7,15,18-19,21,46H,3-4,8-14,16-17H2,1-2H3,(H,39,45)/t19-/m0/s1. The molecule has 1 saturated heterocycles. The van der Waals surface area contributed by atoms with Crippen LogP contribution in [0.5, 0.6) is 5.75 Å². The van der Waals surface area contributed by atoms with Crippen LogP contribution in [0.1, 0.15) is 96.1 Å². The summed E-state index contributed by atoms with van der Waals surface area (Å²) in [7, 11) is 0. The molecule has 0 unspecified atom stereocenters. The average molecular weight is 685 g/mol. The summed E-state index contributed by atoms with van der Waals surface area (Å²) in [6.45, 7) is 5.32. The highest BCUT2D eigenvalue weighted by Crippen LogP contribution is 2.50. The fourth-order valence-electron chi connectivity index (χ4n) is 7.89. The van der Waals surface area contributed by atoms with Crippen LogP contribution in [0.15, 0.2) is 35.4 Å². The number of hydrogen-bond acceptors (Lipinski definition) is 9. The lowest BCUT2D eigenvalue weighted by Crippen LogP contribution is -2.46. The van der Waals surface area contributed by atoms with E-state index in [1.807, 2.05) is 28.8 Å². The van der Waals surface area contributed by atoms with Gasteiger partial charge in [0.1, 0.15) is 12.9 Å². The molecule has 2 N–H and O–H groups in total. The summed E-state index contributed by atoms with van der Waals surface area (Å²) in [4.78, 5) is 56.2. The zero-order valence-electron chi connectivity index (χ0n) is 27.4. The van der Waals surface area contributed by atoms with Gasteiger partial charge < -0.3 is 24.6 Å². The molecule has 1 aromatic carbocycles. The van der Waals surface area contributed by atoms with Gasteiger partial charge in [0.25, 0.3) is 11.5 Å². The molecule has 254 valence electrons. The minimum absolute atomic E-state index is 0.0291. The van der Waals surface area contributed by atoms with Crippen molar-refractivity contribution in [2.45, 2.75) is 76.2 Å². The summed E-state index contributed by atoms with van der Waals surface area (Å²) in [5, 5.41) is 18.6. The average Bonchev–Trinajstić information content (AvgIpc) is 3.78. The van der Waals surface area contributed by atoms with Gasteiger partial charge in [0.2, 0.25) is 11.7 Å². The molecule has 2 amide bonds. The number of hydrogen-bond donors (Lipinski definition) is 2. The van der Waals surface area contributed by atoms with Crippen molar-refractivity contribution in [1.29, 1.82) is 0 Å². The molecule has 8 rings (SSSR count). The van der Waals surface area contributed by atoms with Crippen LogP contribution in [0.25, 0.3) is 11.4 Å². The Morgan fingerprint density at radius 3 is 2.69 bits per heavy atom. The van der Waals surface area contributed by atoms with Crippen molar-refractivity contribution < 1.29 is 19.4 Å². The summed E-state index contributed by atoms with van der Waals surface area (Å²) in [5.74, 6) is 0.328. The zero-order chi connectivity index (χ0) is 34.0. The number of aryl methyl sites for hydroxylation is 1. The molecule has 5 heterocycles. The molecule has 1 saturated carbocycles. The quantitative estimate of drug-likeness (QED) is 0.301. The molecule has 49 heavy (non-hydrogen) atoms. The maximum absolute atomic E-state index is 14.5. The Bertz CT molecular complexity index is 2110. The van der Waals surface area contributed by atoms with Crippen molar-refractivity contribution in [3.8, 4) is 5.75 Å². The van der Waals surface area contributed by atoms with Gasteiger partial charge in [-0.3, -0.25) is 14.4 Å². The monoisotopic (exact) mass is 684 g/mol. The number of ether oxygens (including phenoxy) is 1. The second-order valence-electron chi connectivity index (χ2n) is 13.7. The fourth-order valence-corrected chi connectivity index (χ4v) is 8.13. The van der Waals surface area contributed by atoms with Crippen LogP contribution in [0.3, 0.4) is 0 Å². The highest BCUT2D eigenvalue weighted by atomic mass is 35.5. The van der Waals surface area contributed by atoms with E-state index < -0.39 is 5.41 Å². The number of aromatic nitrogens is 6. The first kappa shape index (κ1) is 31.6. The largest absolute Gasteiger partial charge is 0.504 e. The number of halogens is 1. The number of aromatic hydroxyl groups is 1. The Kier molecular flexibility index (Phi) is 7.79. The number of amides is 2. The Hall–Kier alpha value is -4.62. The molecule has 2 aliphatic heterocycles. The number of rotatable bonds is 6. The maximum Gasteiger partial charge on any atom is 0.279 e. The summed E-state index contributed by atoms with van der Waals surface area (Å²) in [6, 6.07) is 5.78. The number of nitrogens with zero attached hydrogens (tertiary/aromatic N) is 7. The van der Waals surface area contributed by atoms with Gasteiger partial charge >= 0.3 is 0 Å². The first-order valence-corrected chi connectivity index (χ1v) is 17.2. The van der Waals surface area contributed by atoms with E-state index in [-0.39, 0.29) is 41.3 Å². The maximum atomic E-state index is 14.5. The second kappa shape index (κ2) is 12.1. The van der Waals surface area contributed by atoms with Gasteiger partial charge in [-0.1, -0.05) is 30.7 Å². The molecule has 2 aliphatic carbocycles. The fraction of sp³-hybridized carbons (Fsp3) is 0.457. The van der Waals surface area contributed by atoms with Crippen LogP contribution in [-0.2, 0) is 21.5 Å². The lowest BCUT2D eigenvalue weighted by molar-refractivity contribution is -0.116. The molecule has 4 aromatic rings. The summed E-state index contributed by atoms with van der Waals surface area (Å²) in [6.07, 6.45) is 7.85. The minimum Gasteiger partial charge on any atom is -0.504 e. The molecule has 1 spiro atoms. The van der Waals surface area contributed by atoms with E-state index in [0.717, 1.165) is 24.1 Å². The third kappa shape index (κ3) is 5.48. The third-order valence-electron chi connectivity index (χ3n) is 10.6. The summed E-state index contributed by atoms with van der Waals surface area (Å²) >= 11 is 6.60. The topological polar surface area (TPSA) is 157 Å². The molecule has 14 heteroatoms. The molecule has 2 fully saturated rings. The van der Waals surface area contributed by atoms with Crippen molar-refractivity contribution >= 4 is 40.5 Å². The molecular formula is C35H37ClN8O5. The minimum atomic E-state index is -0.537. The highest BCUT2D eigenvalue weighted by molar-refractivity contribution is 6.33. The number of likely N-dealkylation sites (tertiary alicyclic amines) is 1. The predicted molar refractivity (Wildman–Crippen MR) is 181 cm³/mol. The van der Waals surface area contributed by atoms with E-state index in [1.54, 1.807) is 11.8 Å². The molecule has 0 radical (unpaired) electrons. The van der Waals surface area contributed by atoms with Crippen LogP contribution in [0.2, 0.25) is 5.02 Å². The van der Waals surface area contributed by atoms with E-state index in [9.17, 15) is 19.5 Å². The number of anilines is 1. The van der Waals surface area contributed by atoms with Gasteiger partial charge in [0.05, 0.1) is 29.6 Å². The van der Waals surface area contributed by atoms with E-state index in [0.29, 0.717) is 91.5 Å². The van der Waals surface area contributed by atoms with Crippen LogP contribution in [0.4, 0.5) is 5.69 Å². The molecule has 0 bridgehead atoms. The van der Waals surface area contributed by atoms with Crippen molar-refractivity contribution in [3.63, 3.8) is 0 Å². The predicted octanol–water partition coefficient (Wildman–Crippen LogP) is 4.35. The summed E-state index contributed by atoms with van der Waals surface area (Å²) in [5.41, 5.74) is 3.52. The molecule has 13 nitrogen and oxygen atoms in total. The van der Waals surface area contributed by atoms with Crippen molar-refractivity contribution in [2.24, 2.45) is 0 Å². The SMILES string of the molecule is Cc1ncnc(C(=O)N2CCC3(CC2)C[C@H](C)c2c3c(=O)n3nc(C4=CCOCC4)nc3n2CC(=O)Nc2ccc(C3CC3)cc2Cl)c1O. The van der Waals surface area contributed by atoms with E-state index >= 15 is 0 Å².